The van der Waals surface area contributed by atoms with Crippen LogP contribution < -0.4 is 16.0 Å². The van der Waals surface area contributed by atoms with E-state index in [0.29, 0.717) is 12.8 Å². The van der Waals surface area contributed by atoms with Crippen molar-refractivity contribution in [2.75, 3.05) is 7.05 Å². The zero-order valence-corrected chi connectivity index (χ0v) is 25.1. The lowest BCUT2D eigenvalue weighted by atomic mass is 9.81. The third-order valence-corrected chi connectivity index (χ3v) is 9.16. The van der Waals surface area contributed by atoms with Crippen molar-refractivity contribution in [1.82, 2.24) is 25.8 Å². The van der Waals surface area contributed by atoms with Crippen molar-refractivity contribution in [3.8, 4) is 0 Å². The van der Waals surface area contributed by atoms with Crippen molar-refractivity contribution < 1.29 is 14.4 Å². The minimum atomic E-state index is -0.811. The number of nitrogens with zero attached hydrogens (tertiary/aromatic N) is 1. The van der Waals surface area contributed by atoms with E-state index in [-0.39, 0.29) is 29.8 Å². The molecule has 43 heavy (non-hydrogen) atoms. The molecule has 8 heteroatoms. The number of H-pyrrole nitrogens is 1. The van der Waals surface area contributed by atoms with Crippen molar-refractivity contribution in [3.05, 3.63) is 107 Å². The van der Waals surface area contributed by atoms with E-state index >= 15 is 0 Å². The first-order valence-corrected chi connectivity index (χ1v) is 15.0. The number of benzene rings is 3. The van der Waals surface area contributed by atoms with Crippen LogP contribution in [0.4, 0.5) is 0 Å². The molecule has 1 fully saturated rings. The van der Waals surface area contributed by atoms with Crippen LogP contribution in [0.3, 0.4) is 0 Å². The van der Waals surface area contributed by atoms with Crippen LogP contribution >= 0.6 is 0 Å². The lowest BCUT2D eigenvalue weighted by Gasteiger charge is -2.35. The van der Waals surface area contributed by atoms with Crippen molar-refractivity contribution in [3.63, 3.8) is 0 Å². The van der Waals surface area contributed by atoms with E-state index in [9.17, 15) is 14.4 Å². The quantitative estimate of drug-likeness (QED) is 0.261. The predicted octanol–water partition coefficient (Wildman–Crippen LogP) is 4.39. The zero-order valence-electron chi connectivity index (χ0n) is 25.1. The maximum Gasteiger partial charge on any atom is 0.246 e. The molecule has 1 saturated heterocycles. The summed E-state index contributed by atoms with van der Waals surface area (Å²) >= 11 is 0. The van der Waals surface area contributed by atoms with E-state index in [1.807, 2.05) is 78.9 Å². The molecule has 6 rings (SSSR count). The smallest absolute Gasteiger partial charge is 0.246 e. The SMILES string of the molecule is CN[C@@H](C)C(=O)NC1Cc2c([nH]c3ccccc23)C2CC(C)(C)C(C(=O)NC(c3ccccc3)c3ccccc3)N2C1=O. The second-order valence-corrected chi connectivity index (χ2v) is 12.5. The third-order valence-electron chi connectivity index (χ3n) is 9.16. The van der Waals surface area contributed by atoms with Gasteiger partial charge in [-0.25, -0.2) is 0 Å². The summed E-state index contributed by atoms with van der Waals surface area (Å²) in [6.07, 6.45) is 0.949. The molecule has 4 aromatic rings. The van der Waals surface area contributed by atoms with Gasteiger partial charge in [0.2, 0.25) is 17.7 Å². The lowest BCUT2D eigenvalue weighted by Crippen LogP contribution is -2.57. The number of likely N-dealkylation sites (N-methyl/N-ethyl adjacent to an activating group) is 1. The molecule has 1 aromatic heterocycles. The molecule has 2 aliphatic rings. The maximum atomic E-state index is 14.5. The molecule has 3 heterocycles. The van der Waals surface area contributed by atoms with Crippen molar-refractivity contribution in [1.29, 1.82) is 0 Å². The van der Waals surface area contributed by atoms with Gasteiger partial charge in [-0.2, -0.15) is 0 Å². The molecule has 0 bridgehead atoms. The predicted molar refractivity (Wildman–Crippen MR) is 167 cm³/mol. The molecule has 3 aromatic carbocycles. The summed E-state index contributed by atoms with van der Waals surface area (Å²) < 4.78 is 0. The van der Waals surface area contributed by atoms with Crippen LogP contribution in [0.1, 0.15) is 61.7 Å². The topological polar surface area (TPSA) is 106 Å². The summed E-state index contributed by atoms with van der Waals surface area (Å²) in [6, 6.07) is 25.1. The number of hydrogen-bond acceptors (Lipinski definition) is 4. The Hall–Kier alpha value is -4.43. The second-order valence-electron chi connectivity index (χ2n) is 12.5. The zero-order chi connectivity index (χ0) is 30.3. The van der Waals surface area contributed by atoms with Gasteiger partial charge in [0.05, 0.1) is 18.1 Å². The van der Waals surface area contributed by atoms with Crippen LogP contribution in [0.2, 0.25) is 0 Å². The summed E-state index contributed by atoms with van der Waals surface area (Å²) in [4.78, 5) is 47.4. The molecule has 4 N–H and O–H groups in total. The molecule has 222 valence electrons. The fraction of sp³-hybridized carbons (Fsp3) is 0.343. The van der Waals surface area contributed by atoms with Crippen LogP contribution in [0.15, 0.2) is 84.9 Å². The van der Waals surface area contributed by atoms with Crippen LogP contribution in [0.5, 0.6) is 0 Å². The van der Waals surface area contributed by atoms with Gasteiger partial charge in [-0.05, 0) is 48.6 Å². The fourth-order valence-electron chi connectivity index (χ4n) is 6.88. The third kappa shape index (κ3) is 5.20. The number of amides is 3. The van der Waals surface area contributed by atoms with Gasteiger partial charge < -0.3 is 25.8 Å². The average Bonchev–Trinajstić information content (AvgIpc) is 3.50. The number of para-hydroxylation sites is 1. The van der Waals surface area contributed by atoms with Crippen LogP contribution in [-0.4, -0.2) is 52.8 Å². The number of aromatic nitrogens is 1. The molecule has 0 spiro atoms. The van der Waals surface area contributed by atoms with Crippen LogP contribution in [-0.2, 0) is 20.8 Å². The van der Waals surface area contributed by atoms with Gasteiger partial charge in [-0.3, -0.25) is 14.4 Å². The summed E-state index contributed by atoms with van der Waals surface area (Å²) in [5, 5.41) is 10.3. The van der Waals surface area contributed by atoms with E-state index in [1.54, 1.807) is 18.9 Å². The molecular formula is C35H39N5O3. The monoisotopic (exact) mass is 577 g/mol. The van der Waals surface area contributed by atoms with Gasteiger partial charge in [0.1, 0.15) is 12.1 Å². The summed E-state index contributed by atoms with van der Waals surface area (Å²) in [5.41, 5.74) is 4.32. The Bertz CT molecular complexity index is 1610. The number of carbonyl (C=O) groups is 3. The van der Waals surface area contributed by atoms with Crippen molar-refractivity contribution in [2.24, 2.45) is 5.41 Å². The molecule has 0 radical (unpaired) electrons. The van der Waals surface area contributed by atoms with Gasteiger partial charge in [0.25, 0.3) is 0 Å². The first-order chi connectivity index (χ1) is 20.7. The molecule has 8 nitrogen and oxygen atoms in total. The van der Waals surface area contributed by atoms with Gasteiger partial charge in [0.15, 0.2) is 0 Å². The highest BCUT2D eigenvalue weighted by Crippen LogP contribution is 2.50. The van der Waals surface area contributed by atoms with E-state index in [4.69, 9.17) is 0 Å². The molecule has 0 aliphatic carbocycles. The first-order valence-electron chi connectivity index (χ1n) is 15.0. The molecule has 4 atom stereocenters. The normalized spacial score (nSPS) is 21.7. The standard InChI is InChI=1S/C35H39N5O3/c1-21(36-4)32(41)38-27-19-25-24-17-11-12-18-26(24)37-30(25)28-20-35(2,3)31(40(28)34(27)43)33(42)39-29(22-13-7-5-8-14-22)23-15-9-6-10-16-23/h5-18,21,27-29,31,36-37H,19-20H2,1-4H3,(H,38,41)(H,39,42)/t21-,27?,28?,31?/m0/s1. The van der Waals surface area contributed by atoms with Gasteiger partial charge >= 0.3 is 0 Å². The Labute approximate surface area is 252 Å². The highest BCUT2D eigenvalue weighted by molar-refractivity contribution is 5.96. The lowest BCUT2D eigenvalue weighted by molar-refractivity contribution is -0.145. The van der Waals surface area contributed by atoms with Gasteiger partial charge in [0, 0.05) is 23.0 Å². The van der Waals surface area contributed by atoms with Gasteiger partial charge in [-0.15, -0.1) is 0 Å². The second kappa shape index (κ2) is 11.3. The van der Waals surface area contributed by atoms with Crippen LogP contribution in [0.25, 0.3) is 10.9 Å². The Kier molecular flexibility index (Phi) is 7.56. The largest absolute Gasteiger partial charge is 0.356 e. The Balaban J connectivity index is 1.42. The summed E-state index contributed by atoms with van der Waals surface area (Å²) in [5.74, 6) is -0.711. The van der Waals surface area contributed by atoms with E-state index < -0.39 is 23.5 Å². The highest BCUT2D eigenvalue weighted by atomic mass is 16.2. The highest BCUT2D eigenvalue weighted by Gasteiger charge is 2.56. The minimum Gasteiger partial charge on any atom is -0.356 e. The Morgan fingerprint density at radius 2 is 1.53 bits per heavy atom. The number of aromatic amines is 1. The van der Waals surface area contributed by atoms with Crippen LogP contribution in [0, 0.1) is 5.41 Å². The fourth-order valence-corrected chi connectivity index (χ4v) is 6.88. The molecule has 3 amide bonds. The van der Waals surface area contributed by atoms with E-state index in [1.165, 1.54) is 0 Å². The minimum absolute atomic E-state index is 0.216. The summed E-state index contributed by atoms with van der Waals surface area (Å²) in [7, 11) is 1.71. The Morgan fingerprint density at radius 3 is 2.16 bits per heavy atom. The van der Waals surface area contributed by atoms with Gasteiger partial charge in [-0.1, -0.05) is 92.7 Å². The number of carbonyl (C=O) groups excluding carboxylic acids is 3. The molecule has 2 aliphatic heterocycles. The molecule has 3 unspecified atom stereocenters. The maximum absolute atomic E-state index is 14.5. The first kappa shape index (κ1) is 28.7. The Morgan fingerprint density at radius 1 is 0.930 bits per heavy atom. The van der Waals surface area contributed by atoms with E-state index in [2.05, 4.69) is 40.8 Å². The average molecular weight is 578 g/mol. The number of nitrogens with one attached hydrogen (secondary N) is 4. The number of rotatable bonds is 7. The van der Waals surface area contributed by atoms with Crippen molar-refractivity contribution >= 4 is 28.6 Å². The summed E-state index contributed by atoms with van der Waals surface area (Å²) in [6.45, 7) is 5.87. The number of fused-ring (bicyclic) bond motifs is 5. The molecule has 0 saturated carbocycles. The van der Waals surface area contributed by atoms with Crippen molar-refractivity contribution in [2.45, 2.75) is 63.8 Å². The number of hydrogen-bond donors (Lipinski definition) is 4. The molecular weight excluding hydrogens is 538 g/mol. The van der Waals surface area contributed by atoms with E-state index in [0.717, 1.165) is 33.3 Å².